The van der Waals surface area contributed by atoms with Crippen LogP contribution in [0.2, 0.25) is 0 Å². The summed E-state index contributed by atoms with van der Waals surface area (Å²) >= 11 is 1.68. The van der Waals surface area contributed by atoms with Crippen molar-refractivity contribution in [3.63, 3.8) is 0 Å². The maximum Gasteiger partial charge on any atom is 0.240 e. The lowest BCUT2D eigenvalue weighted by Gasteiger charge is -2.36. The van der Waals surface area contributed by atoms with Crippen LogP contribution in [0.3, 0.4) is 0 Å². The average molecular weight is 448 g/mol. The number of hydrogen-bond acceptors (Lipinski definition) is 5. The largest absolute Gasteiger partial charge is 0.312 e. The molecule has 1 saturated heterocycles. The molecule has 6 nitrogen and oxygen atoms in total. The van der Waals surface area contributed by atoms with Crippen LogP contribution in [0.15, 0.2) is 40.6 Å². The van der Waals surface area contributed by atoms with Gasteiger partial charge in [-0.05, 0) is 73.5 Å². The van der Waals surface area contributed by atoms with Crippen molar-refractivity contribution in [3.8, 4) is 0 Å². The van der Waals surface area contributed by atoms with Crippen LogP contribution < -0.4 is 9.62 Å². The third-order valence-electron chi connectivity index (χ3n) is 6.23. The van der Waals surface area contributed by atoms with Crippen LogP contribution in [-0.4, -0.2) is 45.4 Å². The van der Waals surface area contributed by atoms with E-state index in [1.807, 2.05) is 11.4 Å². The Morgan fingerprint density at radius 3 is 2.67 bits per heavy atom. The van der Waals surface area contributed by atoms with Gasteiger partial charge >= 0.3 is 0 Å². The highest BCUT2D eigenvalue weighted by Crippen LogP contribution is 2.32. The molecule has 1 unspecified atom stereocenters. The molecule has 1 atom stereocenters. The van der Waals surface area contributed by atoms with E-state index in [2.05, 4.69) is 22.6 Å². The summed E-state index contributed by atoms with van der Waals surface area (Å²) in [7, 11) is -3.63. The van der Waals surface area contributed by atoms with E-state index < -0.39 is 10.0 Å². The highest BCUT2D eigenvalue weighted by atomic mass is 32.2. The van der Waals surface area contributed by atoms with Gasteiger partial charge in [-0.25, -0.2) is 13.1 Å². The van der Waals surface area contributed by atoms with Crippen molar-refractivity contribution >= 4 is 33.0 Å². The zero-order valence-electron chi connectivity index (χ0n) is 17.5. The number of carbonyl (C=O) groups excluding carboxylic acids is 1. The maximum absolute atomic E-state index is 13.0. The number of sulfonamides is 1. The number of nitrogens with zero attached hydrogens (tertiary/aromatic N) is 2. The van der Waals surface area contributed by atoms with Gasteiger partial charge < -0.3 is 4.90 Å². The van der Waals surface area contributed by atoms with Gasteiger partial charge in [0.15, 0.2) is 0 Å². The number of anilines is 1. The molecule has 0 aliphatic carbocycles. The van der Waals surface area contributed by atoms with E-state index in [-0.39, 0.29) is 16.8 Å². The van der Waals surface area contributed by atoms with Crippen molar-refractivity contribution in [2.75, 3.05) is 31.1 Å². The molecule has 0 saturated carbocycles. The molecule has 2 aliphatic heterocycles. The quantitative estimate of drug-likeness (QED) is 0.737. The molecule has 1 amide bonds. The predicted molar refractivity (Wildman–Crippen MR) is 120 cm³/mol. The van der Waals surface area contributed by atoms with Crippen molar-refractivity contribution in [3.05, 3.63) is 46.2 Å². The highest BCUT2D eigenvalue weighted by molar-refractivity contribution is 7.89. The van der Waals surface area contributed by atoms with Gasteiger partial charge in [-0.15, -0.1) is 11.3 Å². The summed E-state index contributed by atoms with van der Waals surface area (Å²) in [5.74, 6) is 0.708. The third kappa shape index (κ3) is 4.46. The van der Waals surface area contributed by atoms with Crippen LogP contribution in [0.5, 0.6) is 0 Å². The summed E-state index contributed by atoms with van der Waals surface area (Å²) < 4.78 is 29.0. The van der Waals surface area contributed by atoms with Gasteiger partial charge in [0, 0.05) is 30.6 Å². The monoisotopic (exact) mass is 447 g/mol. The molecule has 1 fully saturated rings. The van der Waals surface area contributed by atoms with Gasteiger partial charge in [-0.3, -0.25) is 9.69 Å². The normalized spacial score (nSPS) is 19.1. The summed E-state index contributed by atoms with van der Waals surface area (Å²) in [6.45, 7) is 6.76. The number of nitrogens with one attached hydrogen (secondary N) is 1. The van der Waals surface area contributed by atoms with Gasteiger partial charge in [-0.1, -0.05) is 13.0 Å². The summed E-state index contributed by atoms with van der Waals surface area (Å²) in [5.41, 5.74) is 1.73. The molecule has 162 valence electrons. The van der Waals surface area contributed by atoms with Crippen LogP contribution in [0.4, 0.5) is 5.69 Å². The Balaban J connectivity index is 1.50. The highest BCUT2D eigenvalue weighted by Gasteiger charge is 2.28. The minimum Gasteiger partial charge on any atom is -0.312 e. The number of thiophene rings is 1. The molecular formula is C22H29N3O3S2. The number of piperidine rings is 1. The fraction of sp³-hybridized carbons (Fsp3) is 0.500. The fourth-order valence-electron chi connectivity index (χ4n) is 4.38. The van der Waals surface area contributed by atoms with Crippen molar-refractivity contribution in [2.24, 2.45) is 5.92 Å². The van der Waals surface area contributed by atoms with E-state index in [0.29, 0.717) is 19.5 Å². The molecule has 1 aromatic heterocycles. The summed E-state index contributed by atoms with van der Waals surface area (Å²) in [6.07, 6.45) is 2.97. The third-order valence-corrected chi connectivity index (χ3v) is 8.63. The van der Waals surface area contributed by atoms with Crippen LogP contribution in [-0.2, 0) is 21.2 Å². The van der Waals surface area contributed by atoms with E-state index in [1.54, 1.807) is 34.4 Å². The Morgan fingerprint density at radius 1 is 1.23 bits per heavy atom. The first kappa shape index (κ1) is 21.5. The molecule has 3 heterocycles. The van der Waals surface area contributed by atoms with Crippen LogP contribution in [0, 0.1) is 5.92 Å². The lowest BCUT2D eigenvalue weighted by molar-refractivity contribution is -0.116. The summed E-state index contributed by atoms with van der Waals surface area (Å²) in [4.78, 5) is 17.3. The molecule has 0 bridgehead atoms. The second-order valence-corrected chi connectivity index (χ2v) is 11.1. The fourth-order valence-corrected chi connectivity index (χ4v) is 6.32. The van der Waals surface area contributed by atoms with Gasteiger partial charge in [0.25, 0.3) is 0 Å². The maximum atomic E-state index is 13.0. The number of amides is 1. The molecule has 2 aromatic rings. The van der Waals surface area contributed by atoms with E-state index >= 15 is 0 Å². The summed E-state index contributed by atoms with van der Waals surface area (Å²) in [5, 5.41) is 2.05. The van der Waals surface area contributed by atoms with Gasteiger partial charge in [0.05, 0.1) is 10.9 Å². The lowest BCUT2D eigenvalue weighted by Crippen LogP contribution is -2.41. The Bertz CT molecular complexity index is 997. The van der Waals surface area contributed by atoms with Crippen molar-refractivity contribution in [1.29, 1.82) is 0 Å². The average Bonchev–Trinajstić information content (AvgIpc) is 3.38. The first-order chi connectivity index (χ1) is 14.3. The van der Waals surface area contributed by atoms with Gasteiger partial charge in [0.1, 0.15) is 0 Å². The minimum absolute atomic E-state index is 0.0166. The lowest BCUT2D eigenvalue weighted by atomic mass is 9.97. The molecule has 4 rings (SSSR count). The number of benzene rings is 1. The SMILES string of the molecule is CC(=O)N1CCc2cc(S(=O)(=O)NCC(c3cccs3)N3CCC(C)CC3)ccc21. The number of rotatable bonds is 6. The molecule has 1 aromatic carbocycles. The first-order valence-corrected chi connectivity index (χ1v) is 12.9. The zero-order valence-corrected chi connectivity index (χ0v) is 19.1. The van der Waals surface area contributed by atoms with Crippen LogP contribution in [0.25, 0.3) is 0 Å². The Morgan fingerprint density at radius 2 is 2.00 bits per heavy atom. The molecular weight excluding hydrogens is 418 g/mol. The number of hydrogen-bond donors (Lipinski definition) is 1. The van der Waals surface area contributed by atoms with Crippen LogP contribution in [0.1, 0.15) is 43.2 Å². The Kier molecular flexibility index (Phi) is 6.29. The van der Waals surface area contributed by atoms with Crippen molar-refractivity contribution in [1.82, 2.24) is 9.62 Å². The van der Waals surface area contributed by atoms with Crippen molar-refractivity contribution < 1.29 is 13.2 Å². The smallest absolute Gasteiger partial charge is 0.240 e. The van der Waals surface area contributed by atoms with E-state index in [4.69, 9.17) is 0 Å². The minimum atomic E-state index is -3.63. The van der Waals surface area contributed by atoms with E-state index in [9.17, 15) is 13.2 Å². The molecule has 0 spiro atoms. The molecule has 30 heavy (non-hydrogen) atoms. The van der Waals surface area contributed by atoms with Gasteiger partial charge in [0.2, 0.25) is 15.9 Å². The van der Waals surface area contributed by atoms with E-state index in [0.717, 1.165) is 43.1 Å². The Hall–Kier alpha value is -1.74. The van der Waals surface area contributed by atoms with Gasteiger partial charge in [-0.2, -0.15) is 0 Å². The standard InChI is InChI=1S/C22H29N3O3S2/c1-16-7-10-24(11-8-16)21(22-4-3-13-29-22)15-23-30(27,28)19-5-6-20-18(14-19)9-12-25(20)17(2)26/h3-6,13-14,16,21,23H,7-12,15H2,1-2H3. The molecule has 8 heteroatoms. The van der Waals surface area contributed by atoms with Crippen molar-refractivity contribution in [2.45, 2.75) is 44.0 Å². The number of fused-ring (bicyclic) bond motifs is 1. The summed E-state index contributed by atoms with van der Waals surface area (Å²) in [6, 6.07) is 9.23. The predicted octanol–water partition coefficient (Wildman–Crippen LogP) is 3.41. The molecule has 2 aliphatic rings. The first-order valence-electron chi connectivity index (χ1n) is 10.5. The Labute approximate surface area is 182 Å². The van der Waals surface area contributed by atoms with Crippen LogP contribution >= 0.6 is 11.3 Å². The number of likely N-dealkylation sites (tertiary alicyclic amines) is 1. The number of carbonyl (C=O) groups is 1. The zero-order chi connectivity index (χ0) is 21.3. The van der Waals surface area contributed by atoms with E-state index in [1.165, 1.54) is 11.8 Å². The topological polar surface area (TPSA) is 69.7 Å². The molecule has 1 N–H and O–H groups in total. The second kappa shape index (κ2) is 8.78. The second-order valence-electron chi connectivity index (χ2n) is 8.31. The molecule has 0 radical (unpaired) electrons.